The van der Waals surface area contributed by atoms with Crippen LogP contribution in [0.25, 0.3) is 11.1 Å². The highest BCUT2D eigenvalue weighted by atomic mass is 35.5. The summed E-state index contributed by atoms with van der Waals surface area (Å²) in [5.41, 5.74) is 11.4. The van der Waals surface area contributed by atoms with Crippen LogP contribution in [-0.4, -0.2) is 36.6 Å². The third-order valence-electron chi connectivity index (χ3n) is 5.27. The van der Waals surface area contributed by atoms with Crippen LogP contribution in [0.5, 0.6) is 0 Å². The number of hydrogen-bond donors (Lipinski definition) is 2. The van der Waals surface area contributed by atoms with Crippen LogP contribution in [0.3, 0.4) is 0 Å². The molecule has 4 aromatic rings. The molecule has 0 saturated heterocycles. The summed E-state index contributed by atoms with van der Waals surface area (Å²) in [4.78, 5) is 26.2. The van der Waals surface area contributed by atoms with Crippen molar-refractivity contribution in [2.45, 2.75) is 13.5 Å². The fourth-order valence-corrected chi connectivity index (χ4v) is 4.61. The summed E-state index contributed by atoms with van der Waals surface area (Å²) in [6.07, 6.45) is 3.76. The van der Waals surface area contributed by atoms with E-state index in [-0.39, 0.29) is 6.03 Å². The molecule has 8 nitrogen and oxygen atoms in total. The molecule has 0 fully saturated rings. The SMILES string of the molecule is C=O.COC.Cc1cn(C)cn1.Nc1cc(-c2ccccc2Cl)c2c(c1)N(c1c(Cl)cccc1Cl)C(=O)NC2. The van der Waals surface area contributed by atoms with Gasteiger partial charge in [0, 0.05) is 55.8 Å². The number of para-hydroxylation sites is 1. The molecule has 39 heavy (non-hydrogen) atoms. The molecule has 0 unspecified atom stereocenters. The second kappa shape index (κ2) is 15.1. The Labute approximate surface area is 243 Å². The lowest BCUT2D eigenvalue weighted by atomic mass is 9.95. The minimum atomic E-state index is -0.326. The molecular weight excluding hydrogens is 561 g/mol. The summed E-state index contributed by atoms with van der Waals surface area (Å²) >= 11 is 19.1. The number of nitrogens with one attached hydrogen (secondary N) is 1. The van der Waals surface area contributed by atoms with Crippen molar-refractivity contribution < 1.29 is 14.3 Å². The lowest BCUT2D eigenvalue weighted by Crippen LogP contribution is -2.41. The van der Waals surface area contributed by atoms with E-state index in [1.54, 1.807) is 44.8 Å². The Morgan fingerprint density at radius 1 is 0.974 bits per heavy atom. The van der Waals surface area contributed by atoms with Crippen LogP contribution in [0.1, 0.15) is 11.3 Å². The summed E-state index contributed by atoms with van der Waals surface area (Å²) in [6.45, 7) is 4.31. The average Bonchev–Trinajstić information content (AvgIpc) is 3.29. The summed E-state index contributed by atoms with van der Waals surface area (Å²) in [6, 6.07) is 15.9. The van der Waals surface area contributed by atoms with Crippen molar-refractivity contribution >= 4 is 64.7 Å². The van der Waals surface area contributed by atoms with Gasteiger partial charge in [-0.05, 0) is 42.8 Å². The number of hydrogen-bond acceptors (Lipinski definition) is 5. The number of aryl methyl sites for hydroxylation is 2. The number of benzene rings is 3. The van der Waals surface area contributed by atoms with Gasteiger partial charge in [0.2, 0.25) is 0 Å². The molecule has 0 atom stereocenters. The second-order valence-corrected chi connectivity index (χ2v) is 9.42. The lowest BCUT2D eigenvalue weighted by molar-refractivity contribution is -0.0980. The van der Waals surface area contributed by atoms with E-state index in [2.05, 4.69) is 15.0 Å². The molecule has 2 heterocycles. The van der Waals surface area contributed by atoms with Crippen molar-refractivity contribution in [1.29, 1.82) is 0 Å². The molecule has 0 aliphatic carbocycles. The Morgan fingerprint density at radius 3 is 2.08 bits per heavy atom. The maximum atomic E-state index is 12.7. The smallest absolute Gasteiger partial charge is 0.326 e. The van der Waals surface area contributed by atoms with Gasteiger partial charge in [-0.3, -0.25) is 4.90 Å². The van der Waals surface area contributed by atoms with Crippen LogP contribution in [0.4, 0.5) is 21.9 Å². The summed E-state index contributed by atoms with van der Waals surface area (Å²) in [5, 5.41) is 4.21. The fraction of sp³-hybridized carbons (Fsp3) is 0.179. The molecule has 1 aliphatic heterocycles. The first-order valence-electron chi connectivity index (χ1n) is 11.5. The number of halogens is 3. The number of nitrogens with zero attached hydrogens (tertiary/aromatic N) is 3. The summed E-state index contributed by atoms with van der Waals surface area (Å²) in [5.74, 6) is 0. The number of fused-ring (bicyclic) bond motifs is 1. The fourth-order valence-electron chi connectivity index (χ4n) is 3.80. The molecule has 3 N–H and O–H groups in total. The Kier molecular flexibility index (Phi) is 12.3. The second-order valence-electron chi connectivity index (χ2n) is 8.20. The zero-order valence-electron chi connectivity index (χ0n) is 22.0. The number of nitrogen functional groups attached to an aromatic ring is 1. The zero-order valence-corrected chi connectivity index (χ0v) is 24.3. The number of imidazole rings is 1. The molecule has 2 amide bonds. The summed E-state index contributed by atoms with van der Waals surface area (Å²) in [7, 11) is 5.21. The van der Waals surface area contributed by atoms with Crippen molar-refractivity contribution in [1.82, 2.24) is 14.9 Å². The van der Waals surface area contributed by atoms with E-state index in [1.165, 1.54) is 4.90 Å². The minimum absolute atomic E-state index is 0.326. The predicted octanol–water partition coefficient (Wildman–Crippen LogP) is 7.06. The van der Waals surface area contributed by atoms with Gasteiger partial charge in [-0.1, -0.05) is 59.1 Å². The number of rotatable bonds is 2. The number of anilines is 3. The first kappa shape index (κ1) is 31.7. The minimum Gasteiger partial charge on any atom is -0.399 e. The van der Waals surface area contributed by atoms with E-state index in [9.17, 15) is 4.79 Å². The molecule has 206 valence electrons. The van der Waals surface area contributed by atoms with Gasteiger partial charge in [-0.2, -0.15) is 0 Å². The number of carbonyl (C=O) groups excluding carboxylic acids is 2. The van der Waals surface area contributed by atoms with Gasteiger partial charge in [0.05, 0.1) is 33.4 Å². The predicted molar refractivity (Wildman–Crippen MR) is 160 cm³/mol. The first-order valence-corrected chi connectivity index (χ1v) is 12.6. The van der Waals surface area contributed by atoms with Crippen LogP contribution in [0.15, 0.2) is 67.1 Å². The molecule has 3 aromatic carbocycles. The molecule has 0 radical (unpaired) electrons. The highest BCUT2D eigenvalue weighted by Gasteiger charge is 2.31. The Bertz CT molecular complexity index is 1370. The molecule has 5 rings (SSSR count). The lowest BCUT2D eigenvalue weighted by Gasteiger charge is -2.33. The summed E-state index contributed by atoms with van der Waals surface area (Å²) < 4.78 is 6.18. The average molecular weight is 591 g/mol. The molecule has 1 aliphatic rings. The van der Waals surface area contributed by atoms with Crippen LogP contribution >= 0.6 is 34.8 Å². The van der Waals surface area contributed by atoms with Crippen LogP contribution < -0.4 is 16.0 Å². The quantitative estimate of drug-likeness (QED) is 0.243. The molecule has 1 aromatic heterocycles. The van der Waals surface area contributed by atoms with Crippen LogP contribution in [0, 0.1) is 6.92 Å². The molecule has 0 saturated carbocycles. The van der Waals surface area contributed by atoms with Gasteiger partial charge in [-0.15, -0.1) is 0 Å². The number of methoxy groups -OCH3 is 1. The third-order valence-corrected chi connectivity index (χ3v) is 6.21. The highest BCUT2D eigenvalue weighted by Crippen LogP contribution is 2.44. The topological polar surface area (TPSA) is 102 Å². The number of aromatic nitrogens is 2. The van der Waals surface area contributed by atoms with E-state index in [4.69, 9.17) is 45.3 Å². The van der Waals surface area contributed by atoms with Gasteiger partial charge >= 0.3 is 6.03 Å². The first-order chi connectivity index (χ1) is 18.7. The molecule has 0 bridgehead atoms. The number of ether oxygens (including phenoxy) is 1. The standard InChI is InChI=1S/C20H14Cl3N3O.C5H8N2.C2H6O.CH2O/c21-15-5-2-1-4-12(15)13-8-11(24)9-18-14(13)10-25-20(27)26(18)19-16(22)6-3-7-17(19)23;1-5-3-7(2)4-6-5;1-3-2;1-2/h1-9H,10,24H2,(H,25,27);3-4H,1-2H3;1-2H3;1H2. The van der Waals surface area contributed by atoms with Gasteiger partial charge in [-0.25, -0.2) is 9.78 Å². The molecular formula is C28H30Cl3N5O3. The maximum Gasteiger partial charge on any atom is 0.326 e. The van der Waals surface area contributed by atoms with E-state index in [0.29, 0.717) is 38.7 Å². The monoisotopic (exact) mass is 589 g/mol. The van der Waals surface area contributed by atoms with Crippen molar-refractivity contribution in [2.75, 3.05) is 24.9 Å². The number of carbonyl (C=O) groups is 2. The highest BCUT2D eigenvalue weighted by molar-refractivity contribution is 6.40. The van der Waals surface area contributed by atoms with Crippen molar-refractivity contribution in [3.63, 3.8) is 0 Å². The zero-order chi connectivity index (χ0) is 29.1. The van der Waals surface area contributed by atoms with Gasteiger partial charge in [0.25, 0.3) is 0 Å². The van der Waals surface area contributed by atoms with Crippen LogP contribution in [0.2, 0.25) is 15.1 Å². The van der Waals surface area contributed by atoms with Crippen molar-refractivity contribution in [2.24, 2.45) is 7.05 Å². The van der Waals surface area contributed by atoms with Crippen LogP contribution in [-0.2, 0) is 23.1 Å². The van der Waals surface area contributed by atoms with E-state index >= 15 is 0 Å². The maximum absolute atomic E-state index is 12.7. The molecule has 0 spiro atoms. The number of urea groups is 1. The van der Waals surface area contributed by atoms with E-state index in [0.717, 1.165) is 22.4 Å². The third kappa shape index (κ3) is 7.97. The van der Waals surface area contributed by atoms with Gasteiger partial charge < -0.3 is 25.1 Å². The number of amides is 2. The van der Waals surface area contributed by atoms with Gasteiger partial charge in [0.15, 0.2) is 0 Å². The number of nitrogens with two attached hydrogens (primary N) is 1. The van der Waals surface area contributed by atoms with Crippen molar-refractivity contribution in [3.05, 3.63) is 93.4 Å². The normalized spacial score (nSPS) is 11.5. The largest absolute Gasteiger partial charge is 0.399 e. The van der Waals surface area contributed by atoms with E-state index < -0.39 is 0 Å². The van der Waals surface area contributed by atoms with Gasteiger partial charge in [0.1, 0.15) is 6.79 Å². The Balaban J connectivity index is 0.000000374. The molecule has 11 heteroatoms. The van der Waals surface area contributed by atoms with E-state index in [1.807, 2.05) is 61.9 Å². The van der Waals surface area contributed by atoms with Crippen molar-refractivity contribution in [3.8, 4) is 11.1 Å². The Hall–Kier alpha value is -3.56. The Morgan fingerprint density at radius 2 is 1.56 bits per heavy atom.